The quantitative estimate of drug-likeness (QED) is 0.113. The molecule has 10 rings (SSSR count). The maximum Gasteiger partial charge on any atom is 0.312 e. The van der Waals surface area contributed by atoms with Gasteiger partial charge in [-0.1, -0.05) is 46.9 Å². The molecular weight excluding hydrogens is 1080 g/mol. The lowest BCUT2D eigenvalue weighted by Gasteiger charge is -2.40. The third-order valence-corrected chi connectivity index (χ3v) is 23.0. The highest BCUT2D eigenvalue weighted by molar-refractivity contribution is 7.91. The first-order valence-corrected chi connectivity index (χ1v) is 30.9. The number of carbonyl (C=O) groups excluding carboxylic acids is 1. The molecule has 25 heteroatoms. The minimum Gasteiger partial charge on any atom is -0.469 e. The average Bonchev–Trinajstić information content (AvgIpc) is 4.31. The van der Waals surface area contributed by atoms with E-state index in [1.165, 1.54) is 75.1 Å². The number of likely N-dealkylation sites (N-methyl/N-ethyl adjacent to an activating group) is 2. The summed E-state index contributed by atoms with van der Waals surface area (Å²) in [6.45, 7) is 12.0. The van der Waals surface area contributed by atoms with Gasteiger partial charge in [-0.05, 0) is 95.4 Å². The van der Waals surface area contributed by atoms with Gasteiger partial charge in [0.1, 0.15) is 11.6 Å². The number of aliphatic hydroxyl groups excluding tert-OH is 1. The van der Waals surface area contributed by atoms with Crippen LogP contribution >= 0.6 is 22.7 Å². The number of aliphatic hydroxyl groups is 1. The van der Waals surface area contributed by atoms with Crippen molar-refractivity contribution in [2.75, 3.05) is 116 Å². The van der Waals surface area contributed by atoms with Crippen LogP contribution in [0.15, 0.2) is 94.4 Å². The van der Waals surface area contributed by atoms with Gasteiger partial charge in [0.2, 0.25) is 0 Å². The molecule has 0 saturated carbocycles. The summed E-state index contributed by atoms with van der Waals surface area (Å²) in [6, 6.07) is 12.6. The molecule has 2 aromatic carbocycles. The van der Waals surface area contributed by atoms with Gasteiger partial charge < -0.3 is 38.6 Å². The fourth-order valence-electron chi connectivity index (χ4n) is 10.9. The van der Waals surface area contributed by atoms with E-state index in [-0.39, 0.29) is 57.8 Å². The first kappa shape index (κ1) is 57.4. The van der Waals surface area contributed by atoms with Gasteiger partial charge in [-0.3, -0.25) is 4.79 Å². The van der Waals surface area contributed by atoms with E-state index in [4.69, 9.17) is 4.74 Å². The molecule has 4 aliphatic rings. The molecule has 0 spiro atoms. The maximum absolute atomic E-state index is 13.5. The molecule has 0 bridgehead atoms. The van der Waals surface area contributed by atoms with Crippen LogP contribution in [0.3, 0.4) is 0 Å². The fourth-order valence-corrected chi connectivity index (χ4v) is 16.4. The number of nitrogens with zero attached hydrogens (tertiary/aromatic N) is 12. The molecule has 4 fully saturated rings. The number of anilines is 2. The molecule has 1 N–H and O–H groups in total. The van der Waals surface area contributed by atoms with E-state index >= 15 is 0 Å². The Kier molecular flexibility index (Phi) is 17.8. The highest BCUT2D eigenvalue weighted by atomic mass is 32.3. The van der Waals surface area contributed by atoms with E-state index in [0.717, 1.165) is 85.1 Å². The Morgan fingerprint density at radius 2 is 1.01 bits per heavy atom. The number of carbonyl (C=O) groups is 1. The van der Waals surface area contributed by atoms with Gasteiger partial charge >= 0.3 is 5.97 Å². The van der Waals surface area contributed by atoms with E-state index in [9.17, 15) is 35.5 Å². The molecular formula is C53H70F2N12O7S4. The molecule has 4 aromatic heterocycles. The van der Waals surface area contributed by atoms with Crippen LogP contribution in [-0.4, -0.2) is 182 Å². The number of benzene rings is 2. The second-order valence-electron chi connectivity index (χ2n) is 21.1. The number of aromatic nitrogens is 6. The number of piperazine rings is 2. The number of imidazole rings is 2. The molecule has 8 heterocycles. The van der Waals surface area contributed by atoms with E-state index in [1.807, 2.05) is 23.0 Å². The normalized spacial score (nSPS) is 19.7. The first-order chi connectivity index (χ1) is 37.3. The van der Waals surface area contributed by atoms with E-state index in [0.29, 0.717) is 51.6 Å². The summed E-state index contributed by atoms with van der Waals surface area (Å²) in [5.41, 5.74) is 2.34. The smallest absolute Gasteiger partial charge is 0.312 e. The summed E-state index contributed by atoms with van der Waals surface area (Å²) in [7, 11) is -1.88. The minimum absolute atomic E-state index is 0.0366. The number of piperidine rings is 2. The van der Waals surface area contributed by atoms with E-state index in [2.05, 4.69) is 53.6 Å². The Bertz CT molecular complexity index is 3180. The monoisotopic (exact) mass is 1150 g/mol. The Balaban J connectivity index is 0.000000190. The van der Waals surface area contributed by atoms with Crippen molar-refractivity contribution in [1.29, 1.82) is 0 Å². The van der Waals surface area contributed by atoms with Gasteiger partial charge in [0, 0.05) is 121 Å². The molecule has 0 amide bonds. The van der Waals surface area contributed by atoms with E-state index < -0.39 is 30.9 Å². The van der Waals surface area contributed by atoms with Gasteiger partial charge in [0.05, 0.1) is 49.7 Å². The van der Waals surface area contributed by atoms with E-state index in [1.54, 1.807) is 49.3 Å². The van der Waals surface area contributed by atoms with Crippen molar-refractivity contribution < 1.29 is 40.3 Å². The highest BCUT2D eigenvalue weighted by Gasteiger charge is 2.46. The highest BCUT2D eigenvalue weighted by Crippen LogP contribution is 2.41. The Hall–Kier alpha value is -5.25. The van der Waals surface area contributed by atoms with Crippen LogP contribution < -0.4 is 9.80 Å². The van der Waals surface area contributed by atoms with Gasteiger partial charge in [-0.15, -0.1) is 0 Å². The summed E-state index contributed by atoms with van der Waals surface area (Å²) < 4.78 is 93.5. The number of sulfonamides is 2. The van der Waals surface area contributed by atoms with Crippen LogP contribution in [0, 0.1) is 22.5 Å². The molecule has 0 unspecified atom stereocenters. The van der Waals surface area contributed by atoms with Crippen LogP contribution in [0.25, 0.3) is 0 Å². The zero-order chi connectivity index (χ0) is 55.4. The fraction of sp³-hybridized carbons (Fsp3) is 0.528. The number of methoxy groups -OCH3 is 1. The van der Waals surface area contributed by atoms with Crippen molar-refractivity contribution in [2.24, 2.45) is 10.8 Å². The zero-order valence-electron chi connectivity index (χ0n) is 44.8. The third kappa shape index (κ3) is 12.5. The molecule has 2 atom stereocenters. The summed E-state index contributed by atoms with van der Waals surface area (Å²) in [6.07, 6.45) is 12.6. The van der Waals surface area contributed by atoms with Crippen LogP contribution in [0.2, 0.25) is 0 Å². The van der Waals surface area contributed by atoms with Crippen LogP contribution in [0.1, 0.15) is 74.1 Å². The molecule has 6 aromatic rings. The van der Waals surface area contributed by atoms with Crippen LogP contribution in [-0.2, 0) is 42.4 Å². The summed E-state index contributed by atoms with van der Waals surface area (Å²) >= 11 is 2.44. The lowest BCUT2D eigenvalue weighted by Crippen LogP contribution is -2.48. The molecule has 78 heavy (non-hydrogen) atoms. The Labute approximate surface area is 464 Å². The van der Waals surface area contributed by atoms with Crippen molar-refractivity contribution in [2.45, 2.75) is 72.9 Å². The van der Waals surface area contributed by atoms with Crippen molar-refractivity contribution >= 4 is 59.0 Å². The lowest BCUT2D eigenvalue weighted by atomic mass is 9.75. The number of rotatable bonds is 16. The van der Waals surface area contributed by atoms with Crippen LogP contribution in [0.5, 0.6) is 0 Å². The second-order valence-corrected chi connectivity index (χ2v) is 27.5. The van der Waals surface area contributed by atoms with Gasteiger partial charge in [0.25, 0.3) is 20.0 Å². The molecule has 0 radical (unpaired) electrons. The van der Waals surface area contributed by atoms with Gasteiger partial charge in [-0.2, -0.15) is 8.61 Å². The predicted molar refractivity (Wildman–Crippen MR) is 296 cm³/mol. The summed E-state index contributed by atoms with van der Waals surface area (Å²) in [5, 5.41) is 11.9. The number of hydrogen-bond acceptors (Lipinski definition) is 17. The average molecular weight is 1150 g/mol. The van der Waals surface area contributed by atoms with Crippen molar-refractivity contribution in [1.82, 2.24) is 47.5 Å². The molecule has 4 aliphatic heterocycles. The van der Waals surface area contributed by atoms with Gasteiger partial charge in [0.15, 0.2) is 18.7 Å². The third-order valence-electron chi connectivity index (χ3n) is 16.2. The number of halogens is 2. The van der Waals surface area contributed by atoms with Crippen molar-refractivity contribution in [3.8, 4) is 0 Å². The molecule has 0 aliphatic carbocycles. The number of ether oxygens (including phenoxy) is 1. The summed E-state index contributed by atoms with van der Waals surface area (Å²) in [4.78, 5) is 39.4. The Morgan fingerprint density at radius 3 is 1.41 bits per heavy atom. The number of hydrogen-bond donors (Lipinski definition) is 1. The lowest BCUT2D eigenvalue weighted by molar-refractivity contribution is -0.155. The van der Waals surface area contributed by atoms with Crippen LogP contribution in [0.4, 0.5) is 19.0 Å². The van der Waals surface area contributed by atoms with Crippen molar-refractivity contribution in [3.63, 3.8) is 0 Å². The number of esters is 1. The van der Waals surface area contributed by atoms with Crippen molar-refractivity contribution in [3.05, 3.63) is 120 Å². The standard InChI is InChI=1S/C27H35FN6O4S2.C26H35FN6O3S2/c1-20(21-4-6-22(28)7-5-21)34-19-29-17-23(34)16-27(25(35)38-3)8-10-33(11-9-27)40(36,37)24-18-30-26(39-24)32-14-12-31(2)13-15-32;1-20(21-3-5-22(27)6-4-21)33-19-28-16-23(33)15-26(18-34)7-9-32(10-8-26)38(35,36)24-17-29-25(37-24)31-13-11-30(2)12-14-31/h4-7,17-20H,8-16H2,1-3H3;3-6,16-17,19-20,34H,7-15,18H2,1-2H3/t2*20-/m11/s1. The topological polar surface area (TPSA) is 196 Å². The molecule has 4 saturated heterocycles. The summed E-state index contributed by atoms with van der Waals surface area (Å²) in [5.74, 6) is -0.939. The first-order valence-electron chi connectivity index (χ1n) is 26.3. The second kappa shape index (κ2) is 24.2. The maximum atomic E-state index is 13.5. The Morgan fingerprint density at radius 1 is 0.615 bits per heavy atom. The zero-order valence-corrected chi connectivity index (χ0v) is 48.1. The predicted octanol–water partition coefficient (Wildman–Crippen LogP) is 5.87. The SMILES string of the molecule is COC(=O)C1(Cc2cncn2[C@H](C)c2ccc(F)cc2)CCN(S(=O)(=O)c2cnc(N3CCN(C)CC3)s2)CC1.C[C@H](c1ccc(F)cc1)n1cncc1CC1(CO)CCN(S(=O)(=O)c2cnc(N3CCN(C)CC3)s2)CC1. The largest absolute Gasteiger partial charge is 0.469 e. The number of thiazole rings is 2. The molecule has 422 valence electrons. The molecule has 19 nitrogen and oxygen atoms in total. The van der Waals surface area contributed by atoms with Gasteiger partial charge in [-0.25, -0.2) is 45.6 Å². The minimum atomic E-state index is -3.74.